The highest BCUT2D eigenvalue weighted by atomic mass is 32.1. The molecular formula is C21H21N3O3S. The van der Waals surface area contributed by atoms with E-state index in [4.69, 9.17) is 9.15 Å². The minimum Gasteiger partial charge on any atom is -0.495 e. The molecule has 0 unspecified atom stereocenters. The third-order valence-corrected chi connectivity index (χ3v) is 4.70. The molecule has 0 radical (unpaired) electrons. The number of methoxy groups -OCH3 is 1. The Morgan fingerprint density at radius 2 is 1.96 bits per heavy atom. The van der Waals surface area contributed by atoms with Crippen molar-refractivity contribution in [1.29, 1.82) is 0 Å². The lowest BCUT2D eigenvalue weighted by molar-refractivity contribution is 0.417. The number of rotatable bonds is 4. The standard InChI is InChI=1S/C19H15N3O3S.C2H6/c1-11-8-20-9-12-7-13(18(23)25-17(11)12)15-10-26-19(22-15)21-14-5-3-4-6-16(14)24-2;1-2/h3-10H,1-2H3,(H,21,22);1-2H3. The Hall–Kier alpha value is -3.19. The molecule has 0 bridgehead atoms. The van der Waals surface area contributed by atoms with Crippen molar-refractivity contribution >= 4 is 33.1 Å². The number of anilines is 2. The molecule has 28 heavy (non-hydrogen) atoms. The van der Waals surface area contributed by atoms with E-state index in [-0.39, 0.29) is 0 Å². The molecule has 0 fully saturated rings. The molecule has 0 spiro atoms. The molecule has 3 heterocycles. The van der Waals surface area contributed by atoms with Crippen LogP contribution in [0.15, 0.2) is 57.3 Å². The van der Waals surface area contributed by atoms with E-state index in [2.05, 4.69) is 15.3 Å². The van der Waals surface area contributed by atoms with E-state index in [1.54, 1.807) is 25.6 Å². The van der Waals surface area contributed by atoms with E-state index in [0.29, 0.717) is 22.0 Å². The maximum atomic E-state index is 12.4. The van der Waals surface area contributed by atoms with Crippen molar-refractivity contribution in [3.05, 3.63) is 64.1 Å². The average Bonchev–Trinajstić information content (AvgIpc) is 3.18. The highest BCUT2D eigenvalue weighted by Crippen LogP contribution is 2.31. The molecule has 6 nitrogen and oxygen atoms in total. The van der Waals surface area contributed by atoms with Gasteiger partial charge in [-0.1, -0.05) is 26.0 Å². The van der Waals surface area contributed by atoms with Gasteiger partial charge in [0.05, 0.1) is 24.1 Å². The number of pyridine rings is 1. The van der Waals surface area contributed by atoms with Crippen LogP contribution in [0.5, 0.6) is 5.75 Å². The van der Waals surface area contributed by atoms with E-state index in [1.165, 1.54) is 11.3 Å². The number of hydrogen-bond donors (Lipinski definition) is 1. The summed E-state index contributed by atoms with van der Waals surface area (Å²) >= 11 is 1.40. The smallest absolute Gasteiger partial charge is 0.345 e. The van der Waals surface area contributed by atoms with Crippen molar-refractivity contribution in [3.63, 3.8) is 0 Å². The second kappa shape index (κ2) is 8.67. The predicted octanol–water partition coefficient (Wildman–Crippen LogP) is 5.40. The Labute approximate surface area is 166 Å². The van der Waals surface area contributed by atoms with Crippen LogP contribution in [-0.2, 0) is 0 Å². The van der Waals surface area contributed by atoms with Crippen molar-refractivity contribution in [3.8, 4) is 17.0 Å². The molecule has 0 atom stereocenters. The fourth-order valence-corrected chi connectivity index (χ4v) is 3.40. The number of hydrogen-bond acceptors (Lipinski definition) is 7. The molecule has 1 aromatic carbocycles. The maximum Gasteiger partial charge on any atom is 0.345 e. The molecule has 144 valence electrons. The summed E-state index contributed by atoms with van der Waals surface area (Å²) in [7, 11) is 1.62. The Morgan fingerprint density at radius 1 is 1.18 bits per heavy atom. The van der Waals surface area contributed by atoms with Gasteiger partial charge in [0.2, 0.25) is 0 Å². The molecule has 4 rings (SSSR count). The molecule has 0 saturated heterocycles. The zero-order chi connectivity index (χ0) is 20.1. The Morgan fingerprint density at radius 3 is 2.75 bits per heavy atom. The molecule has 4 aromatic rings. The summed E-state index contributed by atoms with van der Waals surface area (Å²) in [6, 6.07) is 9.34. The number of benzene rings is 1. The summed E-state index contributed by atoms with van der Waals surface area (Å²) in [5.74, 6) is 0.719. The summed E-state index contributed by atoms with van der Waals surface area (Å²) in [4.78, 5) is 21.1. The average molecular weight is 395 g/mol. The number of aryl methyl sites for hydroxylation is 1. The number of aromatic nitrogens is 2. The van der Waals surface area contributed by atoms with Crippen LogP contribution >= 0.6 is 11.3 Å². The zero-order valence-electron chi connectivity index (χ0n) is 16.1. The van der Waals surface area contributed by atoms with Crippen molar-refractivity contribution in [2.45, 2.75) is 20.8 Å². The minimum atomic E-state index is -0.416. The van der Waals surface area contributed by atoms with Crippen molar-refractivity contribution in [2.75, 3.05) is 12.4 Å². The normalized spacial score (nSPS) is 10.3. The second-order valence-electron chi connectivity index (χ2n) is 5.69. The lowest BCUT2D eigenvalue weighted by Crippen LogP contribution is -2.04. The van der Waals surface area contributed by atoms with Crippen LogP contribution in [0, 0.1) is 6.92 Å². The summed E-state index contributed by atoms with van der Waals surface area (Å²) in [5.41, 5.74) is 2.74. The van der Waals surface area contributed by atoms with Gasteiger partial charge < -0.3 is 14.5 Å². The van der Waals surface area contributed by atoms with Crippen molar-refractivity contribution in [2.24, 2.45) is 0 Å². The molecule has 0 aliphatic carbocycles. The third kappa shape index (κ3) is 3.89. The number of nitrogens with one attached hydrogen (secondary N) is 1. The van der Waals surface area contributed by atoms with Gasteiger partial charge in [-0.3, -0.25) is 4.98 Å². The van der Waals surface area contributed by atoms with Gasteiger partial charge in [-0.25, -0.2) is 9.78 Å². The van der Waals surface area contributed by atoms with Crippen LogP contribution in [-0.4, -0.2) is 17.1 Å². The van der Waals surface area contributed by atoms with Gasteiger partial charge in [0, 0.05) is 28.7 Å². The summed E-state index contributed by atoms with van der Waals surface area (Å²) in [6.07, 6.45) is 3.35. The molecule has 1 N–H and O–H groups in total. The number of fused-ring (bicyclic) bond motifs is 1. The number of ether oxygens (including phenoxy) is 1. The Balaban J connectivity index is 0.00000109. The van der Waals surface area contributed by atoms with Gasteiger partial charge in [-0.05, 0) is 25.1 Å². The Bertz CT molecular complexity index is 1150. The summed E-state index contributed by atoms with van der Waals surface area (Å²) in [5, 5.41) is 6.46. The second-order valence-corrected chi connectivity index (χ2v) is 6.54. The lowest BCUT2D eigenvalue weighted by atomic mass is 10.1. The summed E-state index contributed by atoms with van der Waals surface area (Å²) < 4.78 is 10.8. The van der Waals surface area contributed by atoms with Gasteiger partial charge in [0.1, 0.15) is 11.3 Å². The Kier molecular flexibility index (Phi) is 6.06. The first-order valence-corrected chi connectivity index (χ1v) is 9.78. The van der Waals surface area contributed by atoms with Crippen LogP contribution in [0.25, 0.3) is 22.2 Å². The highest BCUT2D eigenvalue weighted by molar-refractivity contribution is 7.14. The minimum absolute atomic E-state index is 0.411. The van der Waals surface area contributed by atoms with Gasteiger partial charge in [-0.2, -0.15) is 0 Å². The first-order chi connectivity index (χ1) is 13.7. The molecule has 0 saturated carbocycles. The van der Waals surface area contributed by atoms with E-state index in [9.17, 15) is 4.79 Å². The molecule has 3 aromatic heterocycles. The van der Waals surface area contributed by atoms with Crippen LogP contribution in [0.1, 0.15) is 19.4 Å². The topological polar surface area (TPSA) is 77.2 Å². The van der Waals surface area contributed by atoms with E-state index < -0.39 is 5.63 Å². The molecule has 0 aliphatic heterocycles. The number of nitrogens with zero attached hydrogens (tertiary/aromatic N) is 2. The fraction of sp³-hybridized carbons (Fsp3) is 0.190. The lowest BCUT2D eigenvalue weighted by Gasteiger charge is -2.08. The van der Waals surface area contributed by atoms with E-state index >= 15 is 0 Å². The fourth-order valence-electron chi connectivity index (χ4n) is 2.68. The van der Waals surface area contributed by atoms with Crippen LogP contribution in [0.4, 0.5) is 10.8 Å². The van der Waals surface area contributed by atoms with Crippen molar-refractivity contribution < 1.29 is 9.15 Å². The zero-order valence-corrected chi connectivity index (χ0v) is 17.0. The molecular weight excluding hydrogens is 374 g/mol. The van der Waals surface area contributed by atoms with Gasteiger partial charge >= 0.3 is 5.63 Å². The van der Waals surface area contributed by atoms with Crippen LogP contribution < -0.4 is 15.7 Å². The third-order valence-electron chi connectivity index (χ3n) is 3.95. The van der Waals surface area contributed by atoms with Crippen LogP contribution in [0.2, 0.25) is 0 Å². The molecule has 0 aliphatic rings. The van der Waals surface area contributed by atoms with Gasteiger partial charge in [0.15, 0.2) is 5.13 Å². The molecule has 7 heteroatoms. The largest absolute Gasteiger partial charge is 0.495 e. The van der Waals surface area contributed by atoms with Gasteiger partial charge in [-0.15, -0.1) is 11.3 Å². The maximum absolute atomic E-state index is 12.4. The highest BCUT2D eigenvalue weighted by Gasteiger charge is 2.13. The van der Waals surface area contributed by atoms with E-state index in [1.807, 2.05) is 50.4 Å². The predicted molar refractivity (Wildman–Crippen MR) is 114 cm³/mol. The first kappa shape index (κ1) is 19.6. The van der Waals surface area contributed by atoms with E-state index in [0.717, 1.165) is 22.4 Å². The molecule has 0 amide bonds. The quantitative estimate of drug-likeness (QED) is 0.499. The monoisotopic (exact) mass is 395 g/mol. The van der Waals surface area contributed by atoms with Crippen LogP contribution in [0.3, 0.4) is 0 Å². The van der Waals surface area contributed by atoms with Gasteiger partial charge in [0.25, 0.3) is 0 Å². The SMILES string of the molecule is CC.COc1ccccc1Nc1nc(-c2cc3cncc(C)c3oc2=O)cs1. The number of thiazole rings is 1. The summed E-state index contributed by atoms with van der Waals surface area (Å²) in [6.45, 7) is 5.86. The van der Waals surface area contributed by atoms with Crippen molar-refractivity contribution in [1.82, 2.24) is 9.97 Å². The number of para-hydroxylation sites is 2. The first-order valence-electron chi connectivity index (χ1n) is 8.90.